The molecule has 18 heavy (non-hydrogen) atoms. The van der Waals surface area contributed by atoms with Crippen LogP contribution in [0.1, 0.15) is 25.1 Å². The number of rotatable bonds is 3. The topological polar surface area (TPSA) is 47.1 Å². The summed E-state index contributed by atoms with van der Waals surface area (Å²) in [6.45, 7) is 9.59. The molecule has 0 radical (unpaired) electrons. The maximum Gasteiger partial charge on any atom is 0.130 e. The van der Waals surface area contributed by atoms with Gasteiger partial charge in [-0.2, -0.15) is 16.9 Å². The summed E-state index contributed by atoms with van der Waals surface area (Å²) in [7, 11) is 2.04. The molecule has 0 amide bonds. The Morgan fingerprint density at radius 2 is 1.94 bits per heavy atom. The van der Waals surface area contributed by atoms with Crippen LogP contribution in [-0.4, -0.2) is 39.9 Å². The molecule has 0 bridgehead atoms. The molecule has 1 aliphatic heterocycles. The van der Waals surface area contributed by atoms with Gasteiger partial charge in [-0.05, 0) is 19.9 Å². The van der Waals surface area contributed by atoms with E-state index in [0.717, 1.165) is 25.2 Å². The second-order valence-electron chi connectivity index (χ2n) is 5.21. The molecule has 1 saturated heterocycles. The maximum atomic E-state index is 5.73. The van der Waals surface area contributed by atoms with E-state index in [1.165, 1.54) is 11.4 Å². The van der Waals surface area contributed by atoms with Gasteiger partial charge in [-0.15, -0.1) is 0 Å². The van der Waals surface area contributed by atoms with Crippen molar-refractivity contribution in [3.8, 4) is 0 Å². The van der Waals surface area contributed by atoms with Gasteiger partial charge in [-0.25, -0.2) is 0 Å². The lowest BCUT2D eigenvalue weighted by molar-refractivity contribution is 0.667. The van der Waals surface area contributed by atoms with Crippen molar-refractivity contribution < 1.29 is 0 Å². The quantitative estimate of drug-likeness (QED) is 0.904. The fraction of sp³-hybridized carbons (Fsp3) is 0.769. The van der Waals surface area contributed by atoms with Crippen molar-refractivity contribution in [2.45, 2.75) is 37.7 Å². The predicted molar refractivity (Wildman–Crippen MR) is 79.4 cm³/mol. The summed E-state index contributed by atoms with van der Waals surface area (Å²) in [5.74, 6) is 1.27. The molecule has 2 rings (SSSR count). The average molecular weight is 268 g/mol. The van der Waals surface area contributed by atoms with E-state index in [-0.39, 0.29) is 0 Å². The normalized spacial score (nSPS) is 24.6. The fourth-order valence-corrected chi connectivity index (χ4v) is 4.20. The zero-order chi connectivity index (χ0) is 13.3. The number of hydrogen-bond donors (Lipinski definition) is 1. The first-order valence-electron chi connectivity index (χ1n) is 6.65. The van der Waals surface area contributed by atoms with Crippen LogP contribution < -0.4 is 10.6 Å². The number of nitrogens with two attached hydrogens (primary N) is 1. The highest BCUT2D eigenvalue weighted by Crippen LogP contribution is 2.31. The lowest BCUT2D eigenvalue weighted by Gasteiger charge is -2.36. The van der Waals surface area contributed by atoms with Gasteiger partial charge in [0.1, 0.15) is 5.82 Å². The zero-order valence-corrected chi connectivity index (χ0v) is 12.6. The molecule has 0 aromatic carbocycles. The molecule has 2 heterocycles. The Labute approximate surface area is 114 Å². The molecule has 2 atom stereocenters. The zero-order valence-electron chi connectivity index (χ0n) is 11.8. The predicted octanol–water partition coefficient (Wildman–Crippen LogP) is 1.56. The first-order valence-corrected chi connectivity index (χ1v) is 7.60. The number of thioether (sulfide) groups is 1. The van der Waals surface area contributed by atoms with Gasteiger partial charge in [0, 0.05) is 36.2 Å². The van der Waals surface area contributed by atoms with Crippen molar-refractivity contribution in [2.24, 2.45) is 12.8 Å². The van der Waals surface area contributed by atoms with Crippen molar-refractivity contribution in [1.82, 2.24) is 9.78 Å². The summed E-state index contributed by atoms with van der Waals surface area (Å²) in [5.41, 5.74) is 8.18. The van der Waals surface area contributed by atoms with Gasteiger partial charge in [-0.1, -0.05) is 13.8 Å². The number of aromatic nitrogens is 2. The minimum absolute atomic E-state index is 0.676. The second-order valence-corrected chi connectivity index (χ2v) is 7.09. The van der Waals surface area contributed by atoms with Crippen LogP contribution in [0.2, 0.25) is 0 Å². The Balaban J connectivity index is 2.31. The van der Waals surface area contributed by atoms with Crippen molar-refractivity contribution in [2.75, 3.05) is 24.5 Å². The molecule has 5 heteroatoms. The molecule has 1 aromatic rings. The largest absolute Gasteiger partial charge is 0.354 e. The summed E-state index contributed by atoms with van der Waals surface area (Å²) >= 11 is 2.08. The molecule has 1 aromatic heterocycles. The van der Waals surface area contributed by atoms with Crippen LogP contribution in [0.3, 0.4) is 0 Å². The van der Waals surface area contributed by atoms with Crippen LogP contribution in [0.5, 0.6) is 0 Å². The van der Waals surface area contributed by atoms with Crippen LogP contribution in [0.15, 0.2) is 0 Å². The molecular weight excluding hydrogens is 244 g/mol. The molecule has 2 unspecified atom stereocenters. The van der Waals surface area contributed by atoms with Gasteiger partial charge < -0.3 is 10.6 Å². The number of hydrogen-bond acceptors (Lipinski definition) is 4. The summed E-state index contributed by atoms with van der Waals surface area (Å²) < 4.78 is 2.02. The maximum absolute atomic E-state index is 5.73. The highest BCUT2D eigenvalue weighted by atomic mass is 32.2. The third kappa shape index (κ3) is 2.67. The molecule has 4 nitrogen and oxygen atoms in total. The van der Waals surface area contributed by atoms with Gasteiger partial charge in [0.25, 0.3) is 0 Å². The summed E-state index contributed by atoms with van der Waals surface area (Å²) in [5, 5.41) is 5.92. The van der Waals surface area contributed by atoms with Crippen molar-refractivity contribution >= 4 is 17.6 Å². The van der Waals surface area contributed by atoms with E-state index in [9.17, 15) is 0 Å². The molecule has 2 N–H and O–H groups in total. The van der Waals surface area contributed by atoms with E-state index < -0.39 is 0 Å². The molecular formula is C13H24N4S. The monoisotopic (exact) mass is 268 g/mol. The van der Waals surface area contributed by atoms with Crippen LogP contribution in [0.25, 0.3) is 0 Å². The Kier molecular flexibility index (Phi) is 4.22. The molecule has 102 valence electrons. The fourth-order valence-electron chi connectivity index (χ4n) is 2.87. The van der Waals surface area contributed by atoms with Gasteiger partial charge in [0.15, 0.2) is 0 Å². The summed E-state index contributed by atoms with van der Waals surface area (Å²) in [6, 6.07) is 0. The first-order chi connectivity index (χ1) is 8.52. The highest BCUT2D eigenvalue weighted by Gasteiger charge is 2.26. The third-order valence-electron chi connectivity index (χ3n) is 3.43. The lowest BCUT2D eigenvalue weighted by Crippen LogP contribution is -2.41. The SMILES string of the molecule is Cc1nn(C)c(N2CC(C)SC(C)C2)c1CCN. The molecule has 1 aliphatic rings. The van der Waals surface area contributed by atoms with E-state index >= 15 is 0 Å². The van der Waals surface area contributed by atoms with Crippen LogP contribution in [0.4, 0.5) is 5.82 Å². The Morgan fingerprint density at radius 3 is 2.50 bits per heavy atom. The smallest absolute Gasteiger partial charge is 0.130 e. The first kappa shape index (κ1) is 13.7. The van der Waals surface area contributed by atoms with Crippen LogP contribution >= 0.6 is 11.8 Å². The van der Waals surface area contributed by atoms with Crippen LogP contribution in [0, 0.1) is 6.92 Å². The average Bonchev–Trinajstić information content (AvgIpc) is 2.53. The molecule has 1 fully saturated rings. The standard InChI is InChI=1S/C13H24N4S/c1-9-7-17(8-10(2)18-9)13-12(5-6-14)11(3)15-16(13)4/h9-10H,5-8,14H2,1-4H3. The third-order valence-corrected chi connectivity index (χ3v) is 4.65. The van der Waals surface area contributed by atoms with E-state index in [2.05, 4.69) is 42.5 Å². The Morgan fingerprint density at radius 1 is 1.33 bits per heavy atom. The summed E-state index contributed by atoms with van der Waals surface area (Å²) in [4.78, 5) is 2.48. The molecule has 0 aliphatic carbocycles. The molecule has 0 spiro atoms. The van der Waals surface area contributed by atoms with Gasteiger partial charge in [0.2, 0.25) is 0 Å². The second kappa shape index (κ2) is 5.53. The molecule has 0 saturated carbocycles. The lowest BCUT2D eigenvalue weighted by atomic mass is 10.1. The minimum atomic E-state index is 0.676. The Bertz CT molecular complexity index is 405. The number of aryl methyl sites for hydroxylation is 2. The Hall–Kier alpha value is -0.680. The van der Waals surface area contributed by atoms with E-state index in [1.54, 1.807) is 0 Å². The van der Waals surface area contributed by atoms with Crippen molar-refractivity contribution in [3.05, 3.63) is 11.3 Å². The van der Waals surface area contributed by atoms with Gasteiger partial charge >= 0.3 is 0 Å². The van der Waals surface area contributed by atoms with E-state index in [1.807, 2.05) is 11.7 Å². The van der Waals surface area contributed by atoms with Crippen molar-refractivity contribution in [1.29, 1.82) is 0 Å². The van der Waals surface area contributed by atoms with E-state index in [4.69, 9.17) is 5.73 Å². The van der Waals surface area contributed by atoms with Gasteiger partial charge in [-0.3, -0.25) is 4.68 Å². The van der Waals surface area contributed by atoms with Crippen molar-refractivity contribution in [3.63, 3.8) is 0 Å². The minimum Gasteiger partial charge on any atom is -0.354 e. The summed E-state index contributed by atoms with van der Waals surface area (Å²) in [6.07, 6.45) is 0.918. The number of anilines is 1. The van der Waals surface area contributed by atoms with E-state index in [0.29, 0.717) is 17.0 Å². The highest BCUT2D eigenvalue weighted by molar-refractivity contribution is 8.00. The number of nitrogens with zero attached hydrogens (tertiary/aromatic N) is 3. The van der Waals surface area contributed by atoms with Gasteiger partial charge in [0.05, 0.1) is 5.69 Å². The van der Waals surface area contributed by atoms with Crippen LogP contribution in [-0.2, 0) is 13.5 Å².